The molecular weight excluding hydrogens is 458 g/mol. The van der Waals surface area contributed by atoms with Crippen LogP contribution in [0.15, 0.2) is 48.5 Å². The number of carboxylic acid groups (broad SMARTS) is 2. The molecule has 0 radical (unpaired) electrons. The smallest absolute Gasteiger partial charge is 0.478 e. The third-order valence-corrected chi connectivity index (χ3v) is 5.82. The van der Waals surface area contributed by atoms with Crippen molar-refractivity contribution in [3.63, 3.8) is 0 Å². The fourth-order valence-electron chi connectivity index (χ4n) is 1.88. The summed E-state index contributed by atoms with van der Waals surface area (Å²) in [7, 11) is 0.337. The highest BCUT2D eigenvalue weighted by Crippen LogP contribution is 2.18. The molecule has 0 saturated heterocycles. The van der Waals surface area contributed by atoms with E-state index in [2.05, 4.69) is 0 Å². The minimum Gasteiger partial charge on any atom is -0.478 e. The summed E-state index contributed by atoms with van der Waals surface area (Å²) in [6.45, 7) is 1.53. The highest BCUT2D eigenvalue weighted by molar-refractivity contribution is 8.76. The number of hydrogen-bond acceptors (Lipinski definition) is 10. The molecule has 0 saturated carbocycles. The van der Waals surface area contributed by atoms with Crippen LogP contribution in [0.25, 0.3) is 0 Å². The van der Waals surface area contributed by atoms with E-state index in [9.17, 15) is 9.59 Å². The van der Waals surface area contributed by atoms with Crippen molar-refractivity contribution < 1.29 is 39.9 Å². The van der Waals surface area contributed by atoms with Crippen LogP contribution in [0.4, 0.5) is 0 Å². The maximum atomic E-state index is 10.4. The molecule has 0 aliphatic rings. The molecule has 0 spiro atoms. The Morgan fingerprint density at radius 1 is 0.719 bits per heavy atom. The van der Waals surface area contributed by atoms with E-state index in [1.54, 1.807) is 21.6 Å². The quantitative estimate of drug-likeness (QED) is 0.115. The van der Waals surface area contributed by atoms with Crippen LogP contribution in [-0.2, 0) is 0 Å². The van der Waals surface area contributed by atoms with E-state index in [1.165, 1.54) is 48.5 Å². The lowest BCUT2D eigenvalue weighted by Gasteiger charge is -1.99. The molecule has 2 aromatic rings. The second-order valence-corrected chi connectivity index (χ2v) is 8.53. The summed E-state index contributed by atoms with van der Waals surface area (Å²) in [5.41, 5.74) is 10.9. The Hall–Kier alpha value is -2.03. The standard InChI is InChI=1S/2C7H7BO4.C4H12N2S2/c2*9-7(10)5-2-1-3-6(4-5)8(11)12;5-1-3-7-8-4-2-6/h2*1-4,11-12H,(H,9,10);1-6H2. The predicted octanol–water partition coefficient (Wildman–Crippen LogP) is -1.59. The van der Waals surface area contributed by atoms with Gasteiger partial charge < -0.3 is 41.8 Å². The second kappa shape index (κ2) is 17.5. The van der Waals surface area contributed by atoms with E-state index in [0.29, 0.717) is 0 Å². The molecule has 14 heteroatoms. The van der Waals surface area contributed by atoms with Gasteiger partial charge in [0.15, 0.2) is 0 Å². The number of carboxylic acids is 2. The van der Waals surface area contributed by atoms with E-state index in [0.717, 1.165) is 24.6 Å². The average Bonchev–Trinajstić information content (AvgIpc) is 2.77. The van der Waals surface area contributed by atoms with Crippen LogP contribution in [0.2, 0.25) is 0 Å². The number of aromatic carboxylic acids is 2. The largest absolute Gasteiger partial charge is 0.488 e. The van der Waals surface area contributed by atoms with Gasteiger partial charge in [-0.2, -0.15) is 0 Å². The van der Waals surface area contributed by atoms with E-state index in [-0.39, 0.29) is 22.1 Å². The van der Waals surface area contributed by atoms with E-state index >= 15 is 0 Å². The van der Waals surface area contributed by atoms with E-state index in [1.807, 2.05) is 0 Å². The second-order valence-electron chi connectivity index (χ2n) is 5.83. The van der Waals surface area contributed by atoms with Gasteiger partial charge in [0.2, 0.25) is 0 Å². The molecule has 2 rings (SSSR count). The number of hydrogen-bond donors (Lipinski definition) is 8. The highest BCUT2D eigenvalue weighted by atomic mass is 33.1. The van der Waals surface area contributed by atoms with Crippen molar-refractivity contribution in [2.75, 3.05) is 24.6 Å². The molecule has 32 heavy (non-hydrogen) atoms. The zero-order valence-electron chi connectivity index (χ0n) is 17.1. The number of carbonyl (C=O) groups is 2. The average molecular weight is 484 g/mol. The lowest BCUT2D eigenvalue weighted by atomic mass is 9.80. The van der Waals surface area contributed by atoms with Crippen molar-refractivity contribution >= 4 is 58.7 Å². The van der Waals surface area contributed by atoms with Crippen molar-refractivity contribution in [3.05, 3.63) is 59.7 Å². The van der Waals surface area contributed by atoms with Crippen molar-refractivity contribution in [1.82, 2.24) is 0 Å². The van der Waals surface area contributed by atoms with Crippen molar-refractivity contribution in [3.8, 4) is 0 Å². The number of nitrogens with two attached hydrogens (primary N) is 2. The first-order valence-corrected chi connectivity index (χ1v) is 11.7. The molecule has 0 aliphatic heterocycles. The lowest BCUT2D eigenvalue weighted by Crippen LogP contribution is -2.30. The van der Waals surface area contributed by atoms with Crippen LogP contribution in [0.1, 0.15) is 20.7 Å². The maximum Gasteiger partial charge on any atom is 0.488 e. The first kappa shape index (κ1) is 30.0. The van der Waals surface area contributed by atoms with Gasteiger partial charge in [-0.15, -0.1) is 0 Å². The Balaban J connectivity index is 0.000000462. The minimum absolute atomic E-state index is 0.0422. The van der Waals surface area contributed by atoms with Crippen LogP contribution in [0.5, 0.6) is 0 Å². The molecule has 174 valence electrons. The number of benzene rings is 2. The maximum absolute atomic E-state index is 10.4. The Labute approximate surface area is 194 Å². The van der Waals surface area contributed by atoms with Gasteiger partial charge in [-0.25, -0.2) is 9.59 Å². The summed E-state index contributed by atoms with van der Waals surface area (Å²) >= 11 is 0. The fourth-order valence-corrected chi connectivity index (χ4v) is 3.59. The first-order valence-electron chi connectivity index (χ1n) is 9.17. The van der Waals surface area contributed by atoms with Gasteiger partial charge >= 0.3 is 26.2 Å². The molecule has 10 N–H and O–H groups in total. The summed E-state index contributed by atoms with van der Waals surface area (Å²) in [6, 6.07) is 11.0. The van der Waals surface area contributed by atoms with Crippen LogP contribution in [0.3, 0.4) is 0 Å². The van der Waals surface area contributed by atoms with Gasteiger partial charge in [0.05, 0.1) is 11.1 Å². The summed E-state index contributed by atoms with van der Waals surface area (Å²) in [5.74, 6) is -0.106. The number of rotatable bonds is 9. The van der Waals surface area contributed by atoms with Crippen molar-refractivity contribution in [2.45, 2.75) is 0 Å². The highest BCUT2D eigenvalue weighted by Gasteiger charge is 2.13. The van der Waals surface area contributed by atoms with E-state index < -0.39 is 26.2 Å². The topological polar surface area (TPSA) is 208 Å². The minimum atomic E-state index is -1.62. The molecule has 0 aliphatic carbocycles. The van der Waals surface area contributed by atoms with Gasteiger partial charge in [-0.3, -0.25) is 0 Å². The molecule has 0 amide bonds. The normalized spacial score (nSPS) is 9.56. The molecule has 0 fully saturated rings. The van der Waals surface area contributed by atoms with Crippen LogP contribution in [0, 0.1) is 0 Å². The Kier molecular flexibility index (Phi) is 16.4. The SMILES string of the molecule is NCCSSCCN.O=C(O)c1cccc(B(O)O)c1.O=C(O)c1cccc(B(O)O)c1. The Morgan fingerprint density at radius 2 is 1.06 bits per heavy atom. The van der Waals surface area contributed by atoms with Crippen molar-refractivity contribution in [1.29, 1.82) is 0 Å². The summed E-state index contributed by atoms with van der Waals surface area (Å²) in [4.78, 5) is 20.8. The Morgan fingerprint density at radius 3 is 1.31 bits per heavy atom. The zero-order valence-corrected chi connectivity index (χ0v) is 18.7. The molecule has 0 unspecified atom stereocenters. The van der Waals surface area contributed by atoms with Gasteiger partial charge in [-0.05, 0) is 35.2 Å². The van der Waals surface area contributed by atoms with E-state index in [4.69, 9.17) is 41.8 Å². The summed E-state index contributed by atoms with van der Waals surface area (Å²) in [5, 5.41) is 51.8. The molecule has 10 nitrogen and oxygen atoms in total. The molecule has 0 heterocycles. The molecule has 2 aromatic carbocycles. The van der Waals surface area contributed by atoms with Crippen LogP contribution < -0.4 is 22.4 Å². The monoisotopic (exact) mass is 484 g/mol. The van der Waals surface area contributed by atoms with Crippen LogP contribution in [-0.4, -0.2) is 81.1 Å². The third kappa shape index (κ3) is 13.4. The fraction of sp³-hybridized carbons (Fsp3) is 0.222. The summed E-state index contributed by atoms with van der Waals surface area (Å²) < 4.78 is 0. The molecule has 0 atom stereocenters. The van der Waals surface area contributed by atoms with Crippen LogP contribution >= 0.6 is 21.6 Å². The van der Waals surface area contributed by atoms with Gasteiger partial charge in [0, 0.05) is 24.6 Å². The third-order valence-electron chi connectivity index (χ3n) is 3.35. The van der Waals surface area contributed by atoms with Gasteiger partial charge in [0.1, 0.15) is 0 Å². The van der Waals surface area contributed by atoms with Gasteiger partial charge in [-0.1, -0.05) is 45.9 Å². The molecular formula is C18H26B2N2O8S2. The lowest BCUT2D eigenvalue weighted by molar-refractivity contribution is 0.0686. The molecule has 0 bridgehead atoms. The Bertz CT molecular complexity index is 764. The van der Waals surface area contributed by atoms with Crippen molar-refractivity contribution in [2.24, 2.45) is 11.5 Å². The first-order chi connectivity index (χ1) is 15.1. The molecule has 0 aromatic heterocycles. The zero-order chi connectivity index (χ0) is 24.5. The summed E-state index contributed by atoms with van der Waals surface area (Å²) in [6.07, 6.45) is 0. The predicted molar refractivity (Wildman–Crippen MR) is 129 cm³/mol. The van der Waals surface area contributed by atoms with Gasteiger partial charge in [0.25, 0.3) is 0 Å².